The van der Waals surface area contributed by atoms with Crippen LogP contribution in [0.3, 0.4) is 0 Å². The Labute approximate surface area is 163 Å². The molecule has 0 saturated carbocycles. The number of para-hydroxylation sites is 1. The Morgan fingerprint density at radius 3 is 2.79 bits per heavy atom. The van der Waals surface area contributed by atoms with Crippen molar-refractivity contribution < 1.29 is 9.53 Å². The number of carbonyl (C=O) groups is 1. The Balaban J connectivity index is 1.51. The molecule has 4 rings (SSSR count). The molecule has 1 aromatic heterocycles. The van der Waals surface area contributed by atoms with E-state index in [1.165, 1.54) is 0 Å². The summed E-state index contributed by atoms with van der Waals surface area (Å²) in [6.07, 6.45) is 1.89. The Kier molecular flexibility index (Phi) is 5.29. The molecule has 144 valence electrons. The topological polar surface area (TPSA) is 85.2 Å². The number of benzene rings is 2. The van der Waals surface area contributed by atoms with Gasteiger partial charge in [0.2, 0.25) is 5.91 Å². The summed E-state index contributed by atoms with van der Waals surface area (Å²) in [4.78, 5) is 15.0. The van der Waals surface area contributed by atoms with Crippen molar-refractivity contribution in [1.82, 2.24) is 30.4 Å². The predicted molar refractivity (Wildman–Crippen MR) is 103 cm³/mol. The number of hydrogen-bond acceptors (Lipinski definition) is 6. The van der Waals surface area contributed by atoms with Crippen molar-refractivity contribution in [2.24, 2.45) is 0 Å². The number of nitrogens with one attached hydrogen (secondary N) is 1. The molecule has 3 aromatic rings. The zero-order valence-electron chi connectivity index (χ0n) is 15.7. The second-order valence-corrected chi connectivity index (χ2v) is 6.65. The number of methoxy groups -OCH3 is 1. The molecule has 8 nitrogen and oxygen atoms in total. The highest BCUT2D eigenvalue weighted by molar-refractivity contribution is 5.79. The van der Waals surface area contributed by atoms with Crippen molar-refractivity contribution in [1.29, 1.82) is 0 Å². The van der Waals surface area contributed by atoms with E-state index in [2.05, 4.69) is 20.8 Å². The van der Waals surface area contributed by atoms with Gasteiger partial charge in [0.05, 0.1) is 25.3 Å². The Hall–Kier alpha value is -3.26. The minimum absolute atomic E-state index is 0.0436. The lowest BCUT2D eigenvalue weighted by atomic mass is 10.0. The number of rotatable bonds is 5. The van der Waals surface area contributed by atoms with Gasteiger partial charge in [-0.3, -0.25) is 4.79 Å². The zero-order chi connectivity index (χ0) is 19.3. The van der Waals surface area contributed by atoms with Crippen LogP contribution in [0.5, 0.6) is 5.75 Å². The van der Waals surface area contributed by atoms with Crippen LogP contribution in [0.4, 0.5) is 0 Å². The van der Waals surface area contributed by atoms with Gasteiger partial charge in [0.15, 0.2) is 0 Å². The van der Waals surface area contributed by atoms with Gasteiger partial charge in [-0.25, -0.2) is 4.68 Å². The van der Waals surface area contributed by atoms with E-state index in [1.54, 1.807) is 18.1 Å². The van der Waals surface area contributed by atoms with Gasteiger partial charge in [-0.2, -0.15) is 0 Å². The number of nitrogens with zero attached hydrogens (tertiary/aromatic N) is 5. The largest absolute Gasteiger partial charge is 0.496 e. The fourth-order valence-electron chi connectivity index (χ4n) is 3.54. The van der Waals surface area contributed by atoms with Crippen LogP contribution in [0.1, 0.15) is 17.2 Å². The van der Waals surface area contributed by atoms with E-state index in [-0.39, 0.29) is 11.9 Å². The van der Waals surface area contributed by atoms with E-state index in [9.17, 15) is 4.79 Å². The molecule has 1 unspecified atom stereocenters. The Morgan fingerprint density at radius 1 is 1.21 bits per heavy atom. The molecule has 8 heteroatoms. The summed E-state index contributed by atoms with van der Waals surface area (Å²) in [5.41, 5.74) is 2.84. The summed E-state index contributed by atoms with van der Waals surface area (Å²) in [7, 11) is 1.66. The van der Waals surface area contributed by atoms with Gasteiger partial charge in [0.25, 0.3) is 0 Å². The first-order chi connectivity index (χ1) is 13.8. The van der Waals surface area contributed by atoms with Crippen molar-refractivity contribution in [3.8, 4) is 11.4 Å². The number of tetrazole rings is 1. The second kappa shape index (κ2) is 8.18. The first-order valence-corrected chi connectivity index (χ1v) is 9.21. The van der Waals surface area contributed by atoms with Crippen molar-refractivity contribution in [3.05, 3.63) is 66.0 Å². The number of piperazine rings is 1. The molecule has 0 aliphatic carbocycles. The maximum absolute atomic E-state index is 13.1. The van der Waals surface area contributed by atoms with Gasteiger partial charge < -0.3 is 15.0 Å². The van der Waals surface area contributed by atoms with Gasteiger partial charge in [-0.05, 0) is 34.2 Å². The van der Waals surface area contributed by atoms with Crippen molar-refractivity contribution in [3.63, 3.8) is 0 Å². The molecule has 1 atom stereocenters. The van der Waals surface area contributed by atoms with Crippen LogP contribution in [-0.4, -0.2) is 57.8 Å². The van der Waals surface area contributed by atoms with Crippen LogP contribution in [0, 0.1) is 0 Å². The highest BCUT2D eigenvalue weighted by Crippen LogP contribution is 2.30. The molecular weight excluding hydrogens is 356 g/mol. The molecule has 0 bridgehead atoms. The smallest absolute Gasteiger partial charge is 0.227 e. The lowest BCUT2D eigenvalue weighted by Crippen LogP contribution is -2.49. The van der Waals surface area contributed by atoms with Crippen LogP contribution >= 0.6 is 0 Å². The van der Waals surface area contributed by atoms with E-state index in [1.807, 2.05) is 53.4 Å². The fourth-order valence-corrected chi connectivity index (χ4v) is 3.54. The summed E-state index contributed by atoms with van der Waals surface area (Å²) in [5, 5.41) is 14.5. The molecule has 1 aliphatic heterocycles. The first-order valence-electron chi connectivity index (χ1n) is 9.21. The molecule has 1 N–H and O–H groups in total. The summed E-state index contributed by atoms with van der Waals surface area (Å²) >= 11 is 0. The molecule has 1 saturated heterocycles. The minimum atomic E-state index is -0.0436. The molecule has 28 heavy (non-hydrogen) atoms. The molecule has 1 aliphatic rings. The van der Waals surface area contributed by atoms with Crippen molar-refractivity contribution in [2.45, 2.75) is 12.5 Å². The fraction of sp³-hybridized carbons (Fsp3) is 0.300. The third kappa shape index (κ3) is 3.72. The van der Waals surface area contributed by atoms with Gasteiger partial charge in [-0.15, -0.1) is 5.10 Å². The maximum atomic E-state index is 13.1. The average molecular weight is 378 g/mol. The number of aromatic nitrogens is 4. The normalized spacial score (nSPS) is 16.8. The molecule has 1 fully saturated rings. The first kappa shape index (κ1) is 18.1. The van der Waals surface area contributed by atoms with Crippen LogP contribution < -0.4 is 10.1 Å². The van der Waals surface area contributed by atoms with Gasteiger partial charge in [0.1, 0.15) is 12.1 Å². The standard InChI is InChI=1S/C20H22N6O2/c1-28-19-5-3-2-4-17(19)18-13-21-10-11-25(18)20(27)12-15-6-8-16(9-7-15)26-14-22-23-24-26/h2-9,14,18,21H,10-13H2,1H3. The molecule has 0 spiro atoms. The van der Waals surface area contributed by atoms with E-state index in [0.717, 1.165) is 29.1 Å². The van der Waals surface area contributed by atoms with E-state index >= 15 is 0 Å². The number of ether oxygens (including phenoxy) is 1. The second-order valence-electron chi connectivity index (χ2n) is 6.65. The maximum Gasteiger partial charge on any atom is 0.227 e. The molecule has 0 radical (unpaired) electrons. The van der Waals surface area contributed by atoms with Crippen LogP contribution in [0.2, 0.25) is 0 Å². The monoisotopic (exact) mass is 378 g/mol. The molecule has 1 amide bonds. The summed E-state index contributed by atoms with van der Waals surface area (Å²) in [6.45, 7) is 2.17. The van der Waals surface area contributed by atoms with Gasteiger partial charge >= 0.3 is 0 Å². The predicted octanol–water partition coefficient (Wildman–Crippen LogP) is 1.39. The summed E-state index contributed by atoms with van der Waals surface area (Å²) < 4.78 is 7.09. The molecule has 2 heterocycles. The Morgan fingerprint density at radius 2 is 2.04 bits per heavy atom. The average Bonchev–Trinajstić information content (AvgIpc) is 3.29. The van der Waals surface area contributed by atoms with Gasteiger partial charge in [-0.1, -0.05) is 30.3 Å². The van der Waals surface area contributed by atoms with Crippen LogP contribution in [0.25, 0.3) is 5.69 Å². The Bertz CT molecular complexity index is 926. The summed E-state index contributed by atoms with van der Waals surface area (Å²) in [5.74, 6) is 0.910. The third-order valence-electron chi connectivity index (χ3n) is 4.97. The zero-order valence-corrected chi connectivity index (χ0v) is 15.7. The number of hydrogen-bond donors (Lipinski definition) is 1. The lowest BCUT2D eigenvalue weighted by molar-refractivity contribution is -0.133. The molecule has 2 aromatic carbocycles. The number of amides is 1. The highest BCUT2D eigenvalue weighted by Gasteiger charge is 2.29. The highest BCUT2D eigenvalue weighted by atomic mass is 16.5. The van der Waals surface area contributed by atoms with E-state index in [4.69, 9.17) is 4.74 Å². The molecular formula is C20H22N6O2. The number of carbonyl (C=O) groups excluding carboxylic acids is 1. The van der Waals surface area contributed by atoms with E-state index < -0.39 is 0 Å². The lowest BCUT2D eigenvalue weighted by Gasteiger charge is -2.37. The quantitative estimate of drug-likeness (QED) is 0.722. The summed E-state index contributed by atoms with van der Waals surface area (Å²) in [6, 6.07) is 15.5. The van der Waals surface area contributed by atoms with Crippen molar-refractivity contribution in [2.75, 3.05) is 26.7 Å². The van der Waals surface area contributed by atoms with Crippen LogP contribution in [0.15, 0.2) is 54.9 Å². The van der Waals surface area contributed by atoms with E-state index in [0.29, 0.717) is 19.5 Å². The van der Waals surface area contributed by atoms with Gasteiger partial charge in [0, 0.05) is 25.2 Å². The SMILES string of the molecule is COc1ccccc1C1CNCCN1C(=O)Cc1ccc(-n2cnnn2)cc1. The van der Waals surface area contributed by atoms with Crippen molar-refractivity contribution >= 4 is 5.91 Å². The third-order valence-corrected chi connectivity index (χ3v) is 4.97. The minimum Gasteiger partial charge on any atom is -0.496 e. The van der Waals surface area contributed by atoms with Crippen LogP contribution in [-0.2, 0) is 11.2 Å².